The highest BCUT2D eigenvalue weighted by atomic mass is 16.5. The van der Waals surface area contributed by atoms with Gasteiger partial charge in [-0.3, -0.25) is 4.79 Å². The largest absolute Gasteiger partial charge is 0.485 e. The molecule has 224 valence electrons. The Labute approximate surface area is 256 Å². The van der Waals surface area contributed by atoms with Crippen molar-refractivity contribution in [2.45, 2.75) is 78.1 Å². The van der Waals surface area contributed by atoms with Crippen molar-refractivity contribution in [2.75, 3.05) is 6.54 Å². The van der Waals surface area contributed by atoms with Crippen LogP contribution in [-0.2, 0) is 24.4 Å². The third kappa shape index (κ3) is 7.78. The summed E-state index contributed by atoms with van der Waals surface area (Å²) in [6.45, 7) is 7.63. The molecule has 0 aliphatic heterocycles. The van der Waals surface area contributed by atoms with E-state index in [0.29, 0.717) is 26.2 Å². The van der Waals surface area contributed by atoms with Gasteiger partial charge in [0.05, 0.1) is 0 Å². The molecule has 1 amide bonds. The van der Waals surface area contributed by atoms with Gasteiger partial charge in [-0.15, -0.1) is 0 Å². The zero-order valence-corrected chi connectivity index (χ0v) is 25.6. The van der Waals surface area contributed by atoms with Gasteiger partial charge < -0.3 is 19.5 Å². The van der Waals surface area contributed by atoms with Gasteiger partial charge in [0.2, 0.25) is 0 Å². The minimum Gasteiger partial charge on any atom is -0.485 e. The number of benzene rings is 4. The number of rotatable bonds is 13. The summed E-state index contributed by atoms with van der Waals surface area (Å²) in [5.74, 6) is 2.52. The van der Waals surface area contributed by atoms with Crippen molar-refractivity contribution >= 4 is 5.91 Å². The van der Waals surface area contributed by atoms with Crippen LogP contribution in [0.1, 0.15) is 71.9 Å². The molecule has 4 aromatic rings. The van der Waals surface area contributed by atoms with Crippen molar-refractivity contribution in [3.63, 3.8) is 0 Å². The van der Waals surface area contributed by atoms with E-state index in [1.54, 1.807) is 0 Å². The fraction of sp³-hybridized carbons (Fsp3) is 0.342. The SMILES string of the molecule is CCCC(Oc1c(C)cccc1C)C(=O)NCC1CCCc2c1ccc(OCc1ccccc1)c2OCc1ccccc1. The first-order chi connectivity index (χ1) is 21.0. The van der Waals surface area contributed by atoms with Crippen LogP contribution in [0.5, 0.6) is 17.2 Å². The average molecular weight is 578 g/mol. The monoisotopic (exact) mass is 577 g/mol. The minimum atomic E-state index is -0.522. The van der Waals surface area contributed by atoms with Crippen LogP contribution in [0.4, 0.5) is 0 Å². The van der Waals surface area contributed by atoms with Gasteiger partial charge in [-0.25, -0.2) is 0 Å². The second kappa shape index (κ2) is 14.8. The predicted octanol–water partition coefficient (Wildman–Crippen LogP) is 8.25. The molecule has 2 atom stereocenters. The van der Waals surface area contributed by atoms with Crippen LogP contribution in [-0.4, -0.2) is 18.6 Å². The van der Waals surface area contributed by atoms with Gasteiger partial charge in [-0.2, -0.15) is 0 Å². The molecule has 43 heavy (non-hydrogen) atoms. The Hall–Kier alpha value is -4.25. The van der Waals surface area contributed by atoms with E-state index in [-0.39, 0.29) is 11.8 Å². The Kier molecular flexibility index (Phi) is 10.4. The first kappa shape index (κ1) is 30.2. The topological polar surface area (TPSA) is 56.8 Å². The van der Waals surface area contributed by atoms with Gasteiger partial charge in [-0.1, -0.05) is 98.3 Å². The number of aryl methyl sites for hydroxylation is 2. The van der Waals surface area contributed by atoms with Gasteiger partial charge in [0.25, 0.3) is 5.91 Å². The summed E-state index contributed by atoms with van der Waals surface area (Å²) in [5.41, 5.74) is 6.72. The highest BCUT2D eigenvalue weighted by molar-refractivity contribution is 5.81. The molecule has 2 unspecified atom stereocenters. The molecule has 1 aliphatic rings. The summed E-state index contributed by atoms with van der Waals surface area (Å²) in [6, 6.07) is 30.7. The first-order valence-corrected chi connectivity index (χ1v) is 15.5. The standard InChI is InChI=1S/C38H43NO4/c1-4-13-35(43-36-27(2)14-11-15-28(36)3)38(40)39-24-31-20-12-21-33-32(31)22-23-34(41-25-29-16-7-5-8-17-29)37(33)42-26-30-18-9-6-10-19-30/h5-11,14-19,22-23,31,35H,4,12-13,20-21,24-26H2,1-3H3,(H,39,40). The molecule has 5 rings (SSSR count). The molecule has 1 aliphatic carbocycles. The summed E-state index contributed by atoms with van der Waals surface area (Å²) in [7, 11) is 0. The second-order valence-electron chi connectivity index (χ2n) is 11.5. The van der Waals surface area contributed by atoms with Gasteiger partial charge >= 0.3 is 0 Å². The predicted molar refractivity (Wildman–Crippen MR) is 172 cm³/mol. The maximum Gasteiger partial charge on any atom is 0.261 e. The van der Waals surface area contributed by atoms with Crippen molar-refractivity contribution in [2.24, 2.45) is 0 Å². The van der Waals surface area contributed by atoms with Gasteiger partial charge in [-0.05, 0) is 73.4 Å². The van der Waals surface area contributed by atoms with Crippen LogP contribution < -0.4 is 19.5 Å². The molecule has 0 saturated carbocycles. The van der Waals surface area contributed by atoms with Crippen molar-refractivity contribution in [3.05, 3.63) is 124 Å². The number of ether oxygens (including phenoxy) is 3. The highest BCUT2D eigenvalue weighted by Gasteiger charge is 2.28. The lowest BCUT2D eigenvalue weighted by molar-refractivity contribution is -0.128. The normalized spacial score (nSPS) is 14.8. The molecule has 5 heteroatoms. The van der Waals surface area contributed by atoms with Gasteiger partial charge in [0.15, 0.2) is 17.6 Å². The Morgan fingerprint density at radius 3 is 2.12 bits per heavy atom. The van der Waals surface area contributed by atoms with Crippen LogP contribution in [0.2, 0.25) is 0 Å². The summed E-state index contributed by atoms with van der Waals surface area (Å²) in [4.78, 5) is 13.4. The Morgan fingerprint density at radius 1 is 0.814 bits per heavy atom. The molecule has 0 fully saturated rings. The number of fused-ring (bicyclic) bond motifs is 1. The van der Waals surface area contributed by atoms with E-state index in [0.717, 1.165) is 65.2 Å². The molecule has 1 N–H and O–H groups in total. The first-order valence-electron chi connectivity index (χ1n) is 15.5. The van der Waals surface area contributed by atoms with Crippen molar-refractivity contribution in [3.8, 4) is 17.2 Å². The van der Waals surface area contributed by atoms with E-state index in [1.165, 1.54) is 11.1 Å². The lowest BCUT2D eigenvalue weighted by Crippen LogP contribution is -2.40. The molecule has 0 heterocycles. The van der Waals surface area contributed by atoms with Crippen LogP contribution in [0, 0.1) is 13.8 Å². The van der Waals surface area contributed by atoms with E-state index in [4.69, 9.17) is 14.2 Å². The van der Waals surface area contributed by atoms with Crippen LogP contribution >= 0.6 is 0 Å². The van der Waals surface area contributed by atoms with E-state index < -0.39 is 6.10 Å². The molecule has 0 aromatic heterocycles. The van der Waals surface area contributed by atoms with Crippen LogP contribution in [0.3, 0.4) is 0 Å². The molecule has 0 radical (unpaired) electrons. The molecular weight excluding hydrogens is 534 g/mol. The van der Waals surface area contributed by atoms with E-state index >= 15 is 0 Å². The van der Waals surface area contributed by atoms with E-state index in [1.807, 2.05) is 74.5 Å². The number of carbonyl (C=O) groups excluding carboxylic acids is 1. The maximum atomic E-state index is 13.4. The quantitative estimate of drug-likeness (QED) is 0.174. The van der Waals surface area contributed by atoms with Gasteiger partial charge in [0, 0.05) is 18.0 Å². The highest BCUT2D eigenvalue weighted by Crippen LogP contribution is 2.42. The molecule has 0 bridgehead atoms. The summed E-state index contributed by atoms with van der Waals surface area (Å²) in [5, 5.41) is 3.24. The van der Waals surface area contributed by atoms with Crippen molar-refractivity contribution in [1.82, 2.24) is 5.32 Å². The van der Waals surface area contributed by atoms with E-state index in [2.05, 4.69) is 42.6 Å². The second-order valence-corrected chi connectivity index (χ2v) is 11.5. The van der Waals surface area contributed by atoms with E-state index in [9.17, 15) is 4.79 Å². The number of nitrogens with one attached hydrogen (secondary N) is 1. The molecule has 5 nitrogen and oxygen atoms in total. The number of carbonyl (C=O) groups is 1. The number of hydrogen-bond donors (Lipinski definition) is 1. The minimum absolute atomic E-state index is 0.0556. The zero-order chi connectivity index (χ0) is 30.0. The molecule has 0 saturated heterocycles. The Balaban J connectivity index is 1.33. The molecule has 0 spiro atoms. The fourth-order valence-electron chi connectivity index (χ4n) is 5.86. The summed E-state index contributed by atoms with van der Waals surface area (Å²) in [6.07, 6.45) is 3.95. The lowest BCUT2D eigenvalue weighted by atomic mass is 9.82. The number of hydrogen-bond acceptors (Lipinski definition) is 4. The zero-order valence-electron chi connectivity index (χ0n) is 25.6. The average Bonchev–Trinajstić information content (AvgIpc) is 3.04. The number of para-hydroxylation sites is 1. The molecular formula is C38H43NO4. The van der Waals surface area contributed by atoms with Crippen LogP contribution in [0.25, 0.3) is 0 Å². The lowest BCUT2D eigenvalue weighted by Gasteiger charge is -2.29. The third-order valence-electron chi connectivity index (χ3n) is 8.18. The summed E-state index contributed by atoms with van der Waals surface area (Å²) < 4.78 is 19.2. The fourth-order valence-corrected chi connectivity index (χ4v) is 5.86. The summed E-state index contributed by atoms with van der Waals surface area (Å²) >= 11 is 0. The van der Waals surface area contributed by atoms with Crippen LogP contribution in [0.15, 0.2) is 91.0 Å². The molecule has 4 aromatic carbocycles. The smallest absolute Gasteiger partial charge is 0.261 e. The van der Waals surface area contributed by atoms with Crippen molar-refractivity contribution in [1.29, 1.82) is 0 Å². The maximum absolute atomic E-state index is 13.4. The third-order valence-corrected chi connectivity index (χ3v) is 8.18. The Morgan fingerprint density at radius 2 is 1.47 bits per heavy atom. The van der Waals surface area contributed by atoms with Crippen molar-refractivity contribution < 1.29 is 19.0 Å². The Bertz CT molecular complexity index is 1460. The van der Waals surface area contributed by atoms with Gasteiger partial charge in [0.1, 0.15) is 19.0 Å². The number of amides is 1.